The smallest absolute Gasteiger partial charge is 0.258 e. The lowest BCUT2D eigenvalue weighted by molar-refractivity contribution is -0.123. The number of hydrogen-bond acceptors (Lipinski definition) is 5. The van der Waals surface area contributed by atoms with Crippen molar-refractivity contribution >= 4 is 29.4 Å². The van der Waals surface area contributed by atoms with Crippen LogP contribution in [0.15, 0.2) is 48.8 Å². The van der Waals surface area contributed by atoms with E-state index in [9.17, 15) is 4.79 Å². The van der Waals surface area contributed by atoms with Crippen LogP contribution in [-0.4, -0.2) is 29.0 Å². The van der Waals surface area contributed by atoms with Crippen LogP contribution in [-0.2, 0) is 4.79 Å². The molecule has 1 unspecified atom stereocenters. The van der Waals surface area contributed by atoms with Gasteiger partial charge in [0.2, 0.25) is 0 Å². The van der Waals surface area contributed by atoms with E-state index in [0.29, 0.717) is 4.58 Å². The topological polar surface area (TPSA) is 51.2 Å². The highest BCUT2D eigenvalue weighted by Gasteiger charge is 2.16. The van der Waals surface area contributed by atoms with Gasteiger partial charge in [-0.3, -0.25) is 9.78 Å². The Balaban J connectivity index is 1.47. The van der Waals surface area contributed by atoms with E-state index in [0.717, 1.165) is 11.3 Å². The number of nitrogens with one attached hydrogen (secondary N) is 1. The number of aromatic nitrogens is 1. The Morgan fingerprint density at radius 2 is 2.04 bits per heavy atom. The Morgan fingerprint density at radius 3 is 2.72 bits per heavy atom. The first kappa shape index (κ1) is 18.1. The molecule has 0 saturated carbocycles. The van der Waals surface area contributed by atoms with Gasteiger partial charge in [0.15, 0.2) is 6.61 Å². The molecule has 6 heteroatoms. The van der Waals surface area contributed by atoms with E-state index < -0.39 is 0 Å². The maximum atomic E-state index is 12.1. The highest BCUT2D eigenvalue weighted by molar-refractivity contribution is 8.16. The molecule has 1 aliphatic heterocycles. The molecule has 25 heavy (non-hydrogen) atoms. The molecule has 1 aliphatic rings. The molecule has 3 rings (SSSR count). The third kappa shape index (κ3) is 5.41. The van der Waals surface area contributed by atoms with Crippen molar-refractivity contribution in [3.63, 3.8) is 0 Å². The van der Waals surface area contributed by atoms with E-state index in [-0.39, 0.29) is 18.6 Å². The predicted molar refractivity (Wildman–Crippen MR) is 105 cm³/mol. The SMILES string of the molecule is CC(NC(=O)COc1ccc(C2SCCCS2)cc1)c1cccnc1. The highest BCUT2D eigenvalue weighted by atomic mass is 32.2. The number of ether oxygens (including phenoxy) is 1. The maximum Gasteiger partial charge on any atom is 0.258 e. The fourth-order valence-electron chi connectivity index (χ4n) is 2.55. The van der Waals surface area contributed by atoms with Crippen LogP contribution in [0.1, 0.15) is 35.1 Å². The Morgan fingerprint density at radius 1 is 1.28 bits per heavy atom. The second kappa shape index (κ2) is 9.15. The molecule has 0 aliphatic carbocycles. The Labute approximate surface area is 157 Å². The second-order valence-electron chi connectivity index (χ2n) is 5.86. The zero-order valence-corrected chi connectivity index (χ0v) is 15.8. The third-order valence-corrected chi connectivity index (χ3v) is 6.93. The highest BCUT2D eigenvalue weighted by Crippen LogP contribution is 2.43. The number of nitrogens with zero attached hydrogens (tertiary/aromatic N) is 1. The number of hydrogen-bond donors (Lipinski definition) is 1. The van der Waals surface area contributed by atoms with Gasteiger partial charge in [-0.1, -0.05) is 18.2 Å². The van der Waals surface area contributed by atoms with Gasteiger partial charge in [0, 0.05) is 12.4 Å². The molecule has 1 fully saturated rings. The second-order valence-corrected chi connectivity index (χ2v) is 8.58. The van der Waals surface area contributed by atoms with E-state index in [4.69, 9.17) is 4.74 Å². The van der Waals surface area contributed by atoms with Crippen LogP contribution < -0.4 is 10.1 Å². The standard InChI is InChI=1S/C19H22N2O2S2/c1-14(16-4-2-9-20-12-16)21-18(22)13-23-17-7-5-15(6-8-17)19-24-10-3-11-25-19/h2,4-9,12,14,19H,3,10-11,13H2,1H3,(H,21,22). The summed E-state index contributed by atoms with van der Waals surface area (Å²) in [5, 5.41) is 2.92. The van der Waals surface area contributed by atoms with Crippen molar-refractivity contribution in [2.24, 2.45) is 0 Å². The molecule has 2 aromatic rings. The lowest BCUT2D eigenvalue weighted by atomic mass is 10.1. The Kier molecular flexibility index (Phi) is 6.64. The zero-order chi connectivity index (χ0) is 17.5. The molecular weight excluding hydrogens is 352 g/mol. The molecule has 1 atom stereocenters. The number of rotatable bonds is 6. The number of carbonyl (C=O) groups excluding carboxylic acids is 1. The van der Waals surface area contributed by atoms with Crippen molar-refractivity contribution in [1.29, 1.82) is 0 Å². The molecule has 2 heterocycles. The average Bonchev–Trinajstić information content (AvgIpc) is 2.68. The quantitative estimate of drug-likeness (QED) is 0.821. The van der Waals surface area contributed by atoms with Gasteiger partial charge in [-0.2, -0.15) is 0 Å². The van der Waals surface area contributed by atoms with Crippen LogP contribution in [0.4, 0.5) is 0 Å². The van der Waals surface area contributed by atoms with Crippen LogP contribution in [0.25, 0.3) is 0 Å². The molecular formula is C19H22N2O2S2. The summed E-state index contributed by atoms with van der Waals surface area (Å²) in [7, 11) is 0. The minimum atomic E-state index is -0.140. The molecule has 1 aromatic carbocycles. The Hall–Kier alpha value is -1.66. The van der Waals surface area contributed by atoms with Gasteiger partial charge in [-0.15, -0.1) is 23.5 Å². The minimum Gasteiger partial charge on any atom is -0.484 e. The summed E-state index contributed by atoms with van der Waals surface area (Å²) in [6, 6.07) is 11.8. The lowest BCUT2D eigenvalue weighted by Crippen LogP contribution is -2.31. The normalized spacial score (nSPS) is 16.2. The number of pyridine rings is 1. The molecule has 1 saturated heterocycles. The number of thioether (sulfide) groups is 2. The summed E-state index contributed by atoms with van der Waals surface area (Å²) in [5.41, 5.74) is 2.29. The minimum absolute atomic E-state index is 0.0108. The summed E-state index contributed by atoms with van der Waals surface area (Å²) in [6.07, 6.45) is 4.76. The van der Waals surface area contributed by atoms with Crippen LogP contribution in [0, 0.1) is 0 Å². The van der Waals surface area contributed by atoms with Crippen molar-refractivity contribution in [1.82, 2.24) is 10.3 Å². The number of benzene rings is 1. The lowest BCUT2D eigenvalue weighted by Gasteiger charge is -2.21. The molecule has 1 N–H and O–H groups in total. The largest absolute Gasteiger partial charge is 0.484 e. The van der Waals surface area contributed by atoms with Crippen LogP contribution in [0.5, 0.6) is 5.75 Å². The van der Waals surface area contributed by atoms with E-state index >= 15 is 0 Å². The summed E-state index contributed by atoms with van der Waals surface area (Å²) in [5.74, 6) is 3.04. The van der Waals surface area contributed by atoms with E-state index in [2.05, 4.69) is 22.4 Å². The van der Waals surface area contributed by atoms with Crippen molar-refractivity contribution in [2.45, 2.75) is 24.0 Å². The van der Waals surface area contributed by atoms with Gasteiger partial charge in [-0.05, 0) is 54.2 Å². The van der Waals surface area contributed by atoms with Crippen LogP contribution >= 0.6 is 23.5 Å². The van der Waals surface area contributed by atoms with Gasteiger partial charge >= 0.3 is 0 Å². The van der Waals surface area contributed by atoms with Crippen LogP contribution in [0.2, 0.25) is 0 Å². The molecule has 0 spiro atoms. The molecule has 1 amide bonds. The molecule has 0 bridgehead atoms. The van der Waals surface area contributed by atoms with Gasteiger partial charge in [0.05, 0.1) is 10.6 Å². The summed E-state index contributed by atoms with van der Waals surface area (Å²) in [6.45, 7) is 1.94. The maximum absolute atomic E-state index is 12.1. The number of carbonyl (C=O) groups is 1. The van der Waals surface area contributed by atoms with Crippen molar-refractivity contribution < 1.29 is 9.53 Å². The first-order chi connectivity index (χ1) is 12.2. The summed E-state index contributed by atoms with van der Waals surface area (Å²) in [4.78, 5) is 16.1. The monoisotopic (exact) mass is 374 g/mol. The first-order valence-corrected chi connectivity index (χ1v) is 10.5. The van der Waals surface area contributed by atoms with Crippen molar-refractivity contribution in [3.8, 4) is 5.75 Å². The Bertz CT molecular complexity index is 674. The molecule has 0 radical (unpaired) electrons. The summed E-state index contributed by atoms with van der Waals surface area (Å²) < 4.78 is 6.13. The zero-order valence-electron chi connectivity index (χ0n) is 14.2. The first-order valence-electron chi connectivity index (χ1n) is 8.37. The van der Waals surface area contributed by atoms with Gasteiger partial charge in [0.25, 0.3) is 5.91 Å². The fourth-order valence-corrected chi connectivity index (χ4v) is 5.44. The van der Waals surface area contributed by atoms with Crippen LogP contribution in [0.3, 0.4) is 0 Å². The fraction of sp³-hybridized carbons (Fsp3) is 0.368. The third-order valence-electron chi connectivity index (χ3n) is 3.91. The number of amides is 1. The predicted octanol–water partition coefficient (Wildman–Crippen LogP) is 4.21. The molecule has 132 valence electrons. The van der Waals surface area contributed by atoms with E-state index in [1.807, 2.05) is 54.7 Å². The molecule has 4 nitrogen and oxygen atoms in total. The molecule has 1 aromatic heterocycles. The summed E-state index contributed by atoms with van der Waals surface area (Å²) >= 11 is 4.00. The van der Waals surface area contributed by atoms with Crippen molar-refractivity contribution in [3.05, 3.63) is 59.9 Å². The van der Waals surface area contributed by atoms with Crippen molar-refractivity contribution in [2.75, 3.05) is 18.1 Å². The average molecular weight is 375 g/mol. The van der Waals surface area contributed by atoms with E-state index in [1.165, 1.54) is 23.5 Å². The van der Waals surface area contributed by atoms with E-state index in [1.54, 1.807) is 12.4 Å². The van der Waals surface area contributed by atoms with Gasteiger partial charge in [-0.25, -0.2) is 0 Å². The van der Waals surface area contributed by atoms with Gasteiger partial charge in [0.1, 0.15) is 5.75 Å². The van der Waals surface area contributed by atoms with Gasteiger partial charge < -0.3 is 10.1 Å².